The van der Waals surface area contributed by atoms with Crippen LogP contribution in [0.5, 0.6) is 0 Å². The zero-order chi connectivity index (χ0) is 13.1. The molecule has 98 valence electrons. The number of benzene rings is 1. The van der Waals surface area contributed by atoms with E-state index in [9.17, 15) is 4.79 Å². The number of rotatable bonds is 2. The fourth-order valence-corrected chi connectivity index (χ4v) is 2.83. The van der Waals surface area contributed by atoms with Gasteiger partial charge in [0.2, 0.25) is 0 Å². The van der Waals surface area contributed by atoms with Crippen LogP contribution in [0.25, 0.3) is 0 Å². The largest absolute Gasteiger partial charge is 0.336 e. The Kier molecular flexibility index (Phi) is 4.40. The summed E-state index contributed by atoms with van der Waals surface area (Å²) in [5.41, 5.74) is 0.761. The molecule has 1 saturated heterocycles. The molecule has 1 aliphatic rings. The molecule has 1 aromatic carbocycles. The molecule has 1 atom stereocenters. The van der Waals surface area contributed by atoms with Gasteiger partial charge in [0.15, 0.2) is 0 Å². The zero-order valence-electron chi connectivity index (χ0n) is 10.9. The lowest BCUT2D eigenvalue weighted by Crippen LogP contribution is -2.53. The van der Waals surface area contributed by atoms with E-state index in [1.54, 1.807) is 0 Å². The topological polar surface area (TPSA) is 23.6 Å². The minimum atomic E-state index is 0.133. The van der Waals surface area contributed by atoms with Crippen LogP contribution in [0, 0.1) is 0 Å². The highest BCUT2D eigenvalue weighted by molar-refractivity contribution is 9.10. The predicted octanol–water partition coefficient (Wildman–Crippen LogP) is 2.62. The Labute approximate surface area is 117 Å². The normalized spacial score (nSPS) is 21.1. The third-order valence-electron chi connectivity index (χ3n) is 3.64. The van der Waals surface area contributed by atoms with E-state index in [2.05, 4.69) is 34.8 Å². The van der Waals surface area contributed by atoms with Crippen LogP contribution in [0.1, 0.15) is 23.7 Å². The van der Waals surface area contributed by atoms with Crippen LogP contribution >= 0.6 is 15.9 Å². The van der Waals surface area contributed by atoms with E-state index in [1.807, 2.05) is 29.2 Å². The quantitative estimate of drug-likeness (QED) is 0.838. The fourth-order valence-electron chi connectivity index (χ4n) is 2.38. The number of piperazine rings is 1. The summed E-state index contributed by atoms with van der Waals surface area (Å²) in [6.07, 6.45) is 1.08. The molecule has 1 unspecified atom stereocenters. The average molecular weight is 311 g/mol. The van der Waals surface area contributed by atoms with Gasteiger partial charge in [-0.2, -0.15) is 0 Å². The Bertz CT molecular complexity index is 436. The second-order valence-electron chi connectivity index (χ2n) is 4.77. The molecule has 0 saturated carbocycles. The van der Waals surface area contributed by atoms with Crippen molar-refractivity contribution in [3.05, 3.63) is 34.3 Å². The van der Waals surface area contributed by atoms with Gasteiger partial charge in [-0.3, -0.25) is 9.69 Å². The molecule has 0 N–H and O–H groups in total. The second kappa shape index (κ2) is 5.85. The van der Waals surface area contributed by atoms with Gasteiger partial charge in [0.05, 0.1) is 5.56 Å². The molecule has 1 amide bonds. The van der Waals surface area contributed by atoms with Crippen LogP contribution in [0.4, 0.5) is 0 Å². The highest BCUT2D eigenvalue weighted by atomic mass is 79.9. The summed E-state index contributed by atoms with van der Waals surface area (Å²) in [7, 11) is 2.13. The zero-order valence-corrected chi connectivity index (χ0v) is 12.5. The molecule has 2 rings (SSSR count). The minimum absolute atomic E-state index is 0.133. The number of likely N-dealkylation sites (N-methyl/N-ethyl adjacent to an activating group) is 1. The standard InChI is InChI=1S/C14H19BrN2O/c1-3-11-10-17(9-8-16(11)2)14(18)12-6-4-5-7-13(12)15/h4-7,11H,3,8-10H2,1-2H3. The van der Waals surface area contributed by atoms with Crippen molar-refractivity contribution in [3.8, 4) is 0 Å². The van der Waals surface area contributed by atoms with E-state index < -0.39 is 0 Å². The lowest BCUT2D eigenvalue weighted by Gasteiger charge is -2.39. The molecule has 1 fully saturated rings. The molecule has 18 heavy (non-hydrogen) atoms. The Balaban J connectivity index is 2.13. The van der Waals surface area contributed by atoms with Crippen molar-refractivity contribution in [3.63, 3.8) is 0 Å². The molecule has 0 aliphatic carbocycles. The maximum Gasteiger partial charge on any atom is 0.255 e. The van der Waals surface area contributed by atoms with E-state index in [-0.39, 0.29) is 5.91 Å². The molecular weight excluding hydrogens is 292 g/mol. The van der Waals surface area contributed by atoms with Crippen LogP contribution in [0.2, 0.25) is 0 Å². The molecule has 0 radical (unpaired) electrons. The summed E-state index contributed by atoms with van der Waals surface area (Å²) in [4.78, 5) is 16.8. The SMILES string of the molecule is CCC1CN(C(=O)c2ccccc2Br)CCN1C. The summed E-state index contributed by atoms with van der Waals surface area (Å²) in [6, 6.07) is 8.11. The number of amides is 1. The monoisotopic (exact) mass is 310 g/mol. The Morgan fingerprint density at radius 3 is 2.78 bits per heavy atom. The third kappa shape index (κ3) is 2.75. The Morgan fingerprint density at radius 2 is 2.11 bits per heavy atom. The van der Waals surface area contributed by atoms with Gasteiger partial charge in [-0.1, -0.05) is 19.1 Å². The summed E-state index contributed by atoms with van der Waals surface area (Å²) < 4.78 is 0.877. The highest BCUT2D eigenvalue weighted by Gasteiger charge is 2.27. The van der Waals surface area contributed by atoms with Crippen LogP contribution in [0.3, 0.4) is 0 Å². The number of carbonyl (C=O) groups is 1. The first-order chi connectivity index (χ1) is 8.63. The van der Waals surface area contributed by atoms with Crippen LogP contribution in [0.15, 0.2) is 28.7 Å². The van der Waals surface area contributed by atoms with E-state index in [4.69, 9.17) is 0 Å². The summed E-state index contributed by atoms with van der Waals surface area (Å²) in [5, 5.41) is 0. The van der Waals surface area contributed by atoms with Crippen LogP contribution < -0.4 is 0 Å². The maximum atomic E-state index is 12.5. The minimum Gasteiger partial charge on any atom is -0.336 e. The third-order valence-corrected chi connectivity index (χ3v) is 4.33. The molecular formula is C14H19BrN2O. The molecule has 0 bridgehead atoms. The number of nitrogens with zero attached hydrogens (tertiary/aromatic N) is 2. The van der Waals surface area contributed by atoms with Crippen molar-refractivity contribution in [2.75, 3.05) is 26.7 Å². The first kappa shape index (κ1) is 13.6. The lowest BCUT2D eigenvalue weighted by molar-refractivity contribution is 0.0541. The van der Waals surface area contributed by atoms with Gasteiger partial charge in [-0.25, -0.2) is 0 Å². The van der Waals surface area contributed by atoms with Gasteiger partial charge in [-0.15, -0.1) is 0 Å². The first-order valence-electron chi connectivity index (χ1n) is 6.37. The van der Waals surface area contributed by atoms with E-state index in [1.165, 1.54) is 0 Å². The fraction of sp³-hybridized carbons (Fsp3) is 0.500. The van der Waals surface area contributed by atoms with Gasteiger partial charge in [0.25, 0.3) is 5.91 Å². The highest BCUT2D eigenvalue weighted by Crippen LogP contribution is 2.20. The van der Waals surface area contributed by atoms with Gasteiger partial charge < -0.3 is 4.90 Å². The van der Waals surface area contributed by atoms with E-state index in [0.29, 0.717) is 6.04 Å². The number of halogens is 1. The van der Waals surface area contributed by atoms with Crippen molar-refractivity contribution in [1.29, 1.82) is 0 Å². The van der Waals surface area contributed by atoms with Gasteiger partial charge in [-0.05, 0) is 41.5 Å². The van der Waals surface area contributed by atoms with Crippen LogP contribution in [-0.2, 0) is 0 Å². The van der Waals surface area contributed by atoms with Crippen molar-refractivity contribution < 1.29 is 4.79 Å². The van der Waals surface area contributed by atoms with Crippen molar-refractivity contribution >= 4 is 21.8 Å². The second-order valence-corrected chi connectivity index (χ2v) is 5.63. The molecule has 1 aliphatic heterocycles. The van der Waals surface area contributed by atoms with Gasteiger partial charge >= 0.3 is 0 Å². The smallest absolute Gasteiger partial charge is 0.255 e. The Hall–Kier alpha value is -0.870. The van der Waals surface area contributed by atoms with Crippen molar-refractivity contribution in [2.24, 2.45) is 0 Å². The molecule has 0 spiro atoms. The first-order valence-corrected chi connectivity index (χ1v) is 7.16. The van der Waals surface area contributed by atoms with Crippen molar-refractivity contribution in [2.45, 2.75) is 19.4 Å². The molecule has 0 aromatic heterocycles. The maximum absolute atomic E-state index is 12.5. The van der Waals surface area contributed by atoms with Gasteiger partial charge in [0.1, 0.15) is 0 Å². The van der Waals surface area contributed by atoms with Gasteiger partial charge in [0, 0.05) is 30.1 Å². The molecule has 1 aromatic rings. The van der Waals surface area contributed by atoms with E-state index in [0.717, 1.165) is 36.1 Å². The van der Waals surface area contributed by atoms with Crippen molar-refractivity contribution in [1.82, 2.24) is 9.80 Å². The average Bonchev–Trinajstić information content (AvgIpc) is 2.39. The number of hydrogen-bond donors (Lipinski definition) is 0. The summed E-state index contributed by atoms with van der Waals surface area (Å²) in [5.74, 6) is 0.133. The summed E-state index contributed by atoms with van der Waals surface area (Å²) in [6.45, 7) is 4.77. The molecule has 3 nitrogen and oxygen atoms in total. The van der Waals surface area contributed by atoms with Crippen LogP contribution in [-0.4, -0.2) is 48.4 Å². The lowest BCUT2D eigenvalue weighted by atomic mass is 10.1. The summed E-state index contributed by atoms with van der Waals surface area (Å²) >= 11 is 3.45. The van der Waals surface area contributed by atoms with E-state index >= 15 is 0 Å². The number of carbonyl (C=O) groups excluding carboxylic acids is 1. The Morgan fingerprint density at radius 1 is 1.39 bits per heavy atom. The molecule has 4 heteroatoms. The molecule has 1 heterocycles. The predicted molar refractivity (Wildman–Crippen MR) is 76.8 cm³/mol. The number of hydrogen-bond acceptors (Lipinski definition) is 2.